The lowest BCUT2D eigenvalue weighted by molar-refractivity contribution is -0.872. The summed E-state index contributed by atoms with van der Waals surface area (Å²) in [6.45, 7) is 4.13. The molecule has 2 N–H and O–H groups in total. The Morgan fingerprint density at radius 3 is 2.32 bits per heavy atom. The van der Waals surface area contributed by atoms with E-state index in [2.05, 4.69) is 31.5 Å². The van der Waals surface area contributed by atoms with Crippen LogP contribution in [0.5, 0.6) is 5.75 Å². The van der Waals surface area contributed by atoms with Crippen LogP contribution in [-0.2, 0) is 24.3 Å². The highest BCUT2D eigenvalue weighted by molar-refractivity contribution is 5.76. The SMILES string of the molecule is CCOc1ccccc1CCC(=O)NCc1ccccc1C[NH+](C)C. The van der Waals surface area contributed by atoms with Crippen molar-refractivity contribution in [3.63, 3.8) is 0 Å². The predicted molar refractivity (Wildman–Crippen MR) is 101 cm³/mol. The maximum atomic E-state index is 12.2. The molecule has 2 rings (SSSR count). The van der Waals surface area contributed by atoms with E-state index in [1.165, 1.54) is 16.0 Å². The molecule has 0 aliphatic heterocycles. The molecule has 0 aliphatic rings. The van der Waals surface area contributed by atoms with Crippen molar-refractivity contribution in [3.8, 4) is 5.75 Å². The van der Waals surface area contributed by atoms with Gasteiger partial charge in [-0.05, 0) is 30.5 Å². The number of para-hydroxylation sites is 1. The summed E-state index contributed by atoms with van der Waals surface area (Å²) >= 11 is 0. The fourth-order valence-electron chi connectivity index (χ4n) is 2.82. The van der Waals surface area contributed by atoms with Gasteiger partial charge in [-0.15, -0.1) is 0 Å². The molecule has 1 amide bonds. The average Bonchev–Trinajstić information content (AvgIpc) is 2.60. The van der Waals surface area contributed by atoms with Gasteiger partial charge in [0, 0.05) is 18.5 Å². The quantitative estimate of drug-likeness (QED) is 0.732. The molecule has 0 spiro atoms. The summed E-state index contributed by atoms with van der Waals surface area (Å²) in [6.07, 6.45) is 1.15. The van der Waals surface area contributed by atoms with E-state index in [-0.39, 0.29) is 5.91 Å². The zero-order valence-corrected chi connectivity index (χ0v) is 15.5. The van der Waals surface area contributed by atoms with E-state index >= 15 is 0 Å². The van der Waals surface area contributed by atoms with Crippen LogP contribution in [0.4, 0.5) is 0 Å². The lowest BCUT2D eigenvalue weighted by atomic mass is 10.1. The van der Waals surface area contributed by atoms with Crippen molar-refractivity contribution in [2.24, 2.45) is 0 Å². The van der Waals surface area contributed by atoms with Crippen molar-refractivity contribution in [2.45, 2.75) is 32.9 Å². The molecule has 0 unspecified atom stereocenters. The van der Waals surface area contributed by atoms with Gasteiger partial charge in [0.2, 0.25) is 5.91 Å². The molecule has 0 atom stereocenters. The molecule has 0 bridgehead atoms. The second kappa shape index (κ2) is 9.84. The van der Waals surface area contributed by atoms with Crippen molar-refractivity contribution in [1.29, 1.82) is 0 Å². The number of ether oxygens (including phenoxy) is 1. The molecule has 0 fully saturated rings. The lowest BCUT2D eigenvalue weighted by Gasteiger charge is -2.13. The second-order valence-electron chi connectivity index (χ2n) is 6.47. The molecule has 0 saturated heterocycles. The number of rotatable bonds is 9. The molecule has 0 heterocycles. The van der Waals surface area contributed by atoms with Crippen molar-refractivity contribution < 1.29 is 14.4 Å². The number of hydrogen-bond acceptors (Lipinski definition) is 2. The molecule has 0 radical (unpaired) electrons. The minimum Gasteiger partial charge on any atom is -0.494 e. The Labute approximate surface area is 150 Å². The first kappa shape index (κ1) is 19.0. The van der Waals surface area contributed by atoms with Gasteiger partial charge in [-0.2, -0.15) is 0 Å². The Kier molecular flexibility index (Phi) is 7.48. The number of hydrogen-bond donors (Lipinski definition) is 2. The Morgan fingerprint density at radius 1 is 1.00 bits per heavy atom. The van der Waals surface area contributed by atoms with Crippen LogP contribution in [-0.4, -0.2) is 26.6 Å². The van der Waals surface area contributed by atoms with E-state index in [1.807, 2.05) is 43.3 Å². The van der Waals surface area contributed by atoms with Gasteiger partial charge in [0.05, 0.1) is 20.7 Å². The van der Waals surface area contributed by atoms with Crippen LogP contribution < -0.4 is 15.0 Å². The molecule has 134 valence electrons. The minimum atomic E-state index is 0.0679. The van der Waals surface area contributed by atoms with Crippen molar-refractivity contribution >= 4 is 5.91 Å². The van der Waals surface area contributed by atoms with Crippen LogP contribution in [0.25, 0.3) is 0 Å². The zero-order valence-electron chi connectivity index (χ0n) is 15.5. The standard InChI is InChI=1S/C21H28N2O2/c1-4-25-20-12-8-7-9-17(20)13-14-21(24)22-15-18-10-5-6-11-19(18)16-23(2)3/h5-12H,4,13-16H2,1-3H3,(H,22,24)/p+1. The van der Waals surface area contributed by atoms with Crippen LogP contribution in [0.15, 0.2) is 48.5 Å². The molecule has 25 heavy (non-hydrogen) atoms. The largest absolute Gasteiger partial charge is 0.494 e. The maximum absolute atomic E-state index is 12.2. The van der Waals surface area contributed by atoms with E-state index in [0.717, 1.165) is 17.9 Å². The summed E-state index contributed by atoms with van der Waals surface area (Å²) < 4.78 is 5.62. The summed E-state index contributed by atoms with van der Waals surface area (Å²) in [7, 11) is 4.26. The molecular weight excluding hydrogens is 312 g/mol. The molecule has 4 nitrogen and oxygen atoms in total. The monoisotopic (exact) mass is 341 g/mol. The Bertz CT molecular complexity index is 683. The van der Waals surface area contributed by atoms with E-state index in [1.54, 1.807) is 0 Å². The molecular formula is C21H29N2O2+. The number of carbonyl (C=O) groups excluding carboxylic acids is 1. The second-order valence-corrected chi connectivity index (χ2v) is 6.47. The Hall–Kier alpha value is -2.33. The molecule has 2 aromatic carbocycles. The van der Waals surface area contributed by atoms with E-state index in [9.17, 15) is 4.79 Å². The van der Waals surface area contributed by atoms with Crippen molar-refractivity contribution in [3.05, 3.63) is 65.2 Å². The average molecular weight is 341 g/mol. The summed E-state index contributed by atoms with van der Waals surface area (Å²) in [4.78, 5) is 13.6. The van der Waals surface area contributed by atoms with Gasteiger partial charge < -0.3 is 15.0 Å². The van der Waals surface area contributed by atoms with Gasteiger partial charge >= 0.3 is 0 Å². The molecule has 0 aromatic heterocycles. The van der Waals surface area contributed by atoms with Crippen molar-refractivity contribution in [2.75, 3.05) is 20.7 Å². The summed E-state index contributed by atoms with van der Waals surface area (Å²) in [5.74, 6) is 0.940. The Balaban J connectivity index is 1.88. The zero-order chi connectivity index (χ0) is 18.1. The van der Waals surface area contributed by atoms with E-state index in [4.69, 9.17) is 4.74 Å². The number of carbonyl (C=O) groups is 1. The number of benzene rings is 2. The summed E-state index contributed by atoms with van der Waals surface area (Å²) in [5.41, 5.74) is 3.55. The molecule has 2 aromatic rings. The number of nitrogens with one attached hydrogen (secondary N) is 2. The number of aryl methyl sites for hydroxylation is 1. The van der Waals surface area contributed by atoms with Gasteiger partial charge in [-0.3, -0.25) is 4.79 Å². The predicted octanol–water partition coefficient (Wildman–Crippen LogP) is 1.98. The van der Waals surface area contributed by atoms with Gasteiger partial charge in [-0.25, -0.2) is 0 Å². The van der Waals surface area contributed by atoms with E-state index < -0.39 is 0 Å². The third-order valence-corrected chi connectivity index (χ3v) is 4.03. The Morgan fingerprint density at radius 2 is 1.64 bits per heavy atom. The van der Waals surface area contributed by atoms with Gasteiger partial charge in [0.25, 0.3) is 0 Å². The van der Waals surface area contributed by atoms with Crippen LogP contribution >= 0.6 is 0 Å². The fourth-order valence-corrected chi connectivity index (χ4v) is 2.82. The highest BCUT2D eigenvalue weighted by Gasteiger charge is 2.09. The third-order valence-electron chi connectivity index (χ3n) is 4.03. The molecule has 4 heteroatoms. The van der Waals surface area contributed by atoms with Crippen LogP contribution in [0, 0.1) is 0 Å². The fraction of sp³-hybridized carbons (Fsp3) is 0.381. The summed E-state index contributed by atoms with van der Waals surface area (Å²) in [5, 5.41) is 3.05. The maximum Gasteiger partial charge on any atom is 0.220 e. The van der Waals surface area contributed by atoms with Crippen LogP contribution in [0.3, 0.4) is 0 Å². The smallest absolute Gasteiger partial charge is 0.220 e. The number of quaternary nitrogens is 1. The lowest BCUT2D eigenvalue weighted by Crippen LogP contribution is -3.04. The van der Waals surface area contributed by atoms with Gasteiger partial charge in [0.15, 0.2) is 0 Å². The van der Waals surface area contributed by atoms with Gasteiger partial charge in [-0.1, -0.05) is 42.5 Å². The third kappa shape index (κ3) is 6.24. The topological polar surface area (TPSA) is 42.8 Å². The highest BCUT2D eigenvalue weighted by atomic mass is 16.5. The first-order valence-corrected chi connectivity index (χ1v) is 8.93. The molecule has 0 saturated carbocycles. The highest BCUT2D eigenvalue weighted by Crippen LogP contribution is 2.19. The normalized spacial score (nSPS) is 10.7. The number of amides is 1. The van der Waals surface area contributed by atoms with Gasteiger partial charge in [0.1, 0.15) is 12.3 Å². The van der Waals surface area contributed by atoms with Crippen molar-refractivity contribution in [1.82, 2.24) is 5.32 Å². The summed E-state index contributed by atoms with van der Waals surface area (Å²) in [6, 6.07) is 16.2. The molecule has 0 aliphatic carbocycles. The first-order chi connectivity index (χ1) is 12.1. The van der Waals surface area contributed by atoms with E-state index in [0.29, 0.717) is 26.0 Å². The first-order valence-electron chi connectivity index (χ1n) is 8.93. The van der Waals surface area contributed by atoms with Crippen LogP contribution in [0.2, 0.25) is 0 Å². The minimum absolute atomic E-state index is 0.0679. The van der Waals surface area contributed by atoms with Crippen LogP contribution in [0.1, 0.15) is 30.0 Å².